The topological polar surface area (TPSA) is 84.5 Å². The van der Waals surface area contributed by atoms with Gasteiger partial charge in [-0.1, -0.05) is 18.5 Å². The molecule has 1 aromatic rings. The van der Waals surface area contributed by atoms with Crippen LogP contribution in [0.15, 0.2) is 23.1 Å². The molecule has 2 N–H and O–H groups in total. The van der Waals surface area contributed by atoms with Crippen LogP contribution in [0.1, 0.15) is 20.3 Å². The van der Waals surface area contributed by atoms with Crippen LogP contribution in [0.5, 0.6) is 5.75 Å². The zero-order chi connectivity index (χ0) is 15.9. The first-order chi connectivity index (χ1) is 9.90. The second kappa shape index (κ2) is 8.21. The predicted molar refractivity (Wildman–Crippen MR) is 81.1 cm³/mol. The second-order valence-electron chi connectivity index (χ2n) is 4.23. The summed E-state index contributed by atoms with van der Waals surface area (Å²) in [5.41, 5.74) is 0. The van der Waals surface area contributed by atoms with E-state index in [0.717, 1.165) is 0 Å². The Kier molecular flexibility index (Phi) is 6.94. The largest absolute Gasteiger partial charge is 0.482 e. The van der Waals surface area contributed by atoms with E-state index in [4.69, 9.17) is 16.3 Å². The molecule has 0 aromatic heterocycles. The standard InChI is InChI=1S/C13H19ClN2O4S/c1-3-7-16-21(18,19)10-5-6-12(11(14)8-10)20-9-13(17)15-4-2/h5-6,8,16H,3-4,7,9H2,1-2H3,(H,15,17). The lowest BCUT2D eigenvalue weighted by molar-refractivity contribution is -0.122. The first-order valence-corrected chi connectivity index (χ1v) is 8.45. The fourth-order valence-electron chi connectivity index (χ4n) is 1.48. The lowest BCUT2D eigenvalue weighted by Crippen LogP contribution is -2.28. The molecule has 0 heterocycles. The lowest BCUT2D eigenvalue weighted by atomic mass is 10.3. The normalized spacial score (nSPS) is 11.2. The minimum atomic E-state index is -3.57. The summed E-state index contributed by atoms with van der Waals surface area (Å²) in [6.45, 7) is 4.36. The molecule has 1 rings (SSSR count). The van der Waals surface area contributed by atoms with Crippen molar-refractivity contribution in [3.8, 4) is 5.75 Å². The molecule has 21 heavy (non-hydrogen) atoms. The van der Waals surface area contributed by atoms with Crippen LogP contribution in [0.4, 0.5) is 0 Å². The van der Waals surface area contributed by atoms with Gasteiger partial charge in [-0.3, -0.25) is 4.79 Å². The molecule has 0 bridgehead atoms. The van der Waals surface area contributed by atoms with Crippen LogP contribution in [0, 0.1) is 0 Å². The van der Waals surface area contributed by atoms with E-state index < -0.39 is 10.0 Å². The monoisotopic (exact) mass is 334 g/mol. The molecule has 0 fully saturated rings. The summed E-state index contributed by atoms with van der Waals surface area (Å²) in [5, 5.41) is 2.72. The lowest BCUT2D eigenvalue weighted by Gasteiger charge is -2.10. The number of hydrogen-bond donors (Lipinski definition) is 2. The van der Waals surface area contributed by atoms with Gasteiger partial charge < -0.3 is 10.1 Å². The Bertz CT molecular complexity index is 590. The van der Waals surface area contributed by atoms with Crippen molar-refractivity contribution in [2.24, 2.45) is 0 Å². The van der Waals surface area contributed by atoms with Gasteiger partial charge in [-0.2, -0.15) is 0 Å². The van der Waals surface area contributed by atoms with Crippen LogP contribution in [0.25, 0.3) is 0 Å². The van der Waals surface area contributed by atoms with Gasteiger partial charge in [0.1, 0.15) is 5.75 Å². The fraction of sp³-hybridized carbons (Fsp3) is 0.462. The molecule has 0 atom stereocenters. The molecule has 0 saturated carbocycles. The number of carbonyl (C=O) groups is 1. The van der Waals surface area contributed by atoms with Crippen molar-refractivity contribution in [1.29, 1.82) is 0 Å². The Morgan fingerprint density at radius 3 is 2.62 bits per heavy atom. The fourth-order valence-corrected chi connectivity index (χ4v) is 2.94. The van der Waals surface area contributed by atoms with Gasteiger partial charge in [0.15, 0.2) is 6.61 Å². The van der Waals surface area contributed by atoms with Crippen LogP contribution >= 0.6 is 11.6 Å². The van der Waals surface area contributed by atoms with Gasteiger partial charge in [0.2, 0.25) is 10.0 Å². The van der Waals surface area contributed by atoms with Crippen LogP contribution < -0.4 is 14.8 Å². The Labute approximate surface area is 129 Å². The van der Waals surface area contributed by atoms with E-state index >= 15 is 0 Å². The SMILES string of the molecule is CCCNS(=O)(=O)c1ccc(OCC(=O)NCC)c(Cl)c1. The third kappa shape index (κ3) is 5.53. The summed E-state index contributed by atoms with van der Waals surface area (Å²) in [4.78, 5) is 11.3. The summed E-state index contributed by atoms with van der Waals surface area (Å²) in [6.07, 6.45) is 0.695. The Morgan fingerprint density at radius 1 is 1.33 bits per heavy atom. The Balaban J connectivity index is 2.78. The smallest absolute Gasteiger partial charge is 0.257 e. The molecule has 0 aliphatic heterocycles. The molecule has 6 nitrogen and oxygen atoms in total. The highest BCUT2D eigenvalue weighted by Gasteiger charge is 2.15. The molecule has 8 heteroatoms. The van der Waals surface area contributed by atoms with Crippen LogP contribution in [-0.4, -0.2) is 34.0 Å². The van der Waals surface area contributed by atoms with Crippen LogP contribution in [0.2, 0.25) is 5.02 Å². The van der Waals surface area contributed by atoms with Gasteiger partial charge >= 0.3 is 0 Å². The molecule has 0 saturated heterocycles. The van der Waals surface area contributed by atoms with Gasteiger partial charge in [0.25, 0.3) is 5.91 Å². The van der Waals surface area contributed by atoms with Crippen LogP contribution in [0.3, 0.4) is 0 Å². The van der Waals surface area contributed by atoms with Gasteiger partial charge in [-0.25, -0.2) is 13.1 Å². The second-order valence-corrected chi connectivity index (χ2v) is 6.41. The third-order valence-corrected chi connectivity index (χ3v) is 4.24. The van der Waals surface area contributed by atoms with E-state index in [1.165, 1.54) is 18.2 Å². The minimum Gasteiger partial charge on any atom is -0.482 e. The Hall–Kier alpha value is -1.31. The van der Waals surface area contributed by atoms with Gasteiger partial charge in [-0.15, -0.1) is 0 Å². The highest BCUT2D eigenvalue weighted by molar-refractivity contribution is 7.89. The third-order valence-electron chi connectivity index (χ3n) is 2.49. The number of hydrogen-bond acceptors (Lipinski definition) is 4. The summed E-state index contributed by atoms with van der Waals surface area (Å²) in [7, 11) is -3.57. The Morgan fingerprint density at radius 2 is 2.05 bits per heavy atom. The van der Waals surface area contributed by atoms with Gasteiger partial charge in [0, 0.05) is 13.1 Å². The van der Waals surface area contributed by atoms with Gasteiger partial charge in [-0.05, 0) is 31.5 Å². The quantitative estimate of drug-likeness (QED) is 0.755. The summed E-state index contributed by atoms with van der Waals surface area (Å²) >= 11 is 5.98. The maximum atomic E-state index is 11.9. The highest BCUT2D eigenvalue weighted by atomic mass is 35.5. The average Bonchev–Trinajstić information content (AvgIpc) is 2.44. The van der Waals surface area contributed by atoms with Crippen molar-refractivity contribution in [3.63, 3.8) is 0 Å². The van der Waals surface area contributed by atoms with Crippen molar-refractivity contribution >= 4 is 27.5 Å². The van der Waals surface area contributed by atoms with E-state index in [0.29, 0.717) is 19.5 Å². The first kappa shape index (κ1) is 17.7. The minimum absolute atomic E-state index is 0.0614. The number of halogens is 1. The number of benzene rings is 1. The zero-order valence-corrected chi connectivity index (χ0v) is 13.6. The molecule has 0 aliphatic rings. The molecule has 118 valence electrons. The zero-order valence-electron chi connectivity index (χ0n) is 12.0. The highest BCUT2D eigenvalue weighted by Crippen LogP contribution is 2.27. The van der Waals surface area contributed by atoms with E-state index in [-0.39, 0.29) is 28.2 Å². The number of amides is 1. The number of carbonyl (C=O) groups excluding carboxylic acids is 1. The molecule has 0 spiro atoms. The summed E-state index contributed by atoms with van der Waals surface area (Å²) in [6, 6.07) is 4.12. The van der Waals surface area contributed by atoms with Crippen molar-refractivity contribution in [2.75, 3.05) is 19.7 Å². The number of rotatable bonds is 8. The predicted octanol–water partition coefficient (Wildman–Crippen LogP) is 1.54. The molecule has 0 aliphatic carbocycles. The van der Waals surface area contributed by atoms with Crippen molar-refractivity contribution < 1.29 is 17.9 Å². The molecule has 0 unspecified atom stereocenters. The maximum Gasteiger partial charge on any atom is 0.257 e. The van der Waals surface area contributed by atoms with Crippen LogP contribution in [-0.2, 0) is 14.8 Å². The molecular formula is C13H19ClN2O4S. The molecular weight excluding hydrogens is 316 g/mol. The number of likely N-dealkylation sites (N-methyl/N-ethyl adjacent to an activating group) is 1. The first-order valence-electron chi connectivity index (χ1n) is 6.59. The average molecular weight is 335 g/mol. The molecule has 1 amide bonds. The maximum absolute atomic E-state index is 11.9. The number of sulfonamides is 1. The molecule has 0 radical (unpaired) electrons. The molecule has 1 aromatic carbocycles. The van der Waals surface area contributed by atoms with Crippen molar-refractivity contribution in [3.05, 3.63) is 23.2 Å². The van der Waals surface area contributed by atoms with E-state index in [1.54, 1.807) is 6.92 Å². The summed E-state index contributed by atoms with van der Waals surface area (Å²) in [5.74, 6) is -0.00719. The van der Waals surface area contributed by atoms with Crippen molar-refractivity contribution in [1.82, 2.24) is 10.0 Å². The summed E-state index contributed by atoms with van der Waals surface area (Å²) < 4.78 is 31.6. The van der Waals surface area contributed by atoms with Gasteiger partial charge in [0.05, 0.1) is 9.92 Å². The van der Waals surface area contributed by atoms with E-state index in [9.17, 15) is 13.2 Å². The van der Waals surface area contributed by atoms with E-state index in [1.807, 2.05) is 6.92 Å². The van der Waals surface area contributed by atoms with E-state index in [2.05, 4.69) is 10.0 Å². The van der Waals surface area contributed by atoms with Crippen molar-refractivity contribution in [2.45, 2.75) is 25.2 Å². The number of ether oxygens (including phenoxy) is 1. The number of nitrogens with one attached hydrogen (secondary N) is 2.